The molecule has 6 heteroatoms. The van der Waals surface area contributed by atoms with E-state index in [0.717, 1.165) is 68.2 Å². The predicted molar refractivity (Wildman–Crippen MR) is 112 cm³/mol. The van der Waals surface area contributed by atoms with E-state index in [4.69, 9.17) is 0 Å². The fourth-order valence-corrected chi connectivity index (χ4v) is 5.12. The Bertz CT molecular complexity index is 1000. The molecule has 0 atom stereocenters. The van der Waals surface area contributed by atoms with Crippen molar-refractivity contribution in [2.45, 2.75) is 63.3 Å². The minimum absolute atomic E-state index is 0.00222. The Kier molecular flexibility index (Phi) is 4.95. The van der Waals surface area contributed by atoms with Gasteiger partial charge in [-0.15, -0.1) is 0 Å². The van der Waals surface area contributed by atoms with Crippen LogP contribution in [0.25, 0.3) is 0 Å². The summed E-state index contributed by atoms with van der Waals surface area (Å²) in [6.45, 7) is 2.07. The lowest BCUT2D eigenvalue weighted by Crippen LogP contribution is -2.45. The highest BCUT2D eigenvalue weighted by atomic mass is 19.1. The van der Waals surface area contributed by atoms with Crippen LogP contribution in [0, 0.1) is 11.7 Å². The lowest BCUT2D eigenvalue weighted by molar-refractivity contribution is -0.135. The monoisotopic (exact) mass is 409 g/mol. The molecule has 2 fully saturated rings. The molecule has 158 valence electrons. The van der Waals surface area contributed by atoms with Gasteiger partial charge in [-0.3, -0.25) is 9.59 Å². The Balaban J connectivity index is 1.22. The van der Waals surface area contributed by atoms with E-state index in [1.54, 1.807) is 22.9 Å². The van der Waals surface area contributed by atoms with Crippen molar-refractivity contribution in [1.82, 2.24) is 14.7 Å². The molecular formula is C24H28FN3O2. The van der Waals surface area contributed by atoms with Crippen molar-refractivity contribution in [2.24, 2.45) is 5.92 Å². The van der Waals surface area contributed by atoms with Crippen LogP contribution in [-0.4, -0.2) is 33.7 Å². The number of piperidine rings is 1. The molecule has 0 radical (unpaired) electrons. The Morgan fingerprint density at radius 1 is 1.10 bits per heavy atom. The van der Waals surface area contributed by atoms with Crippen LogP contribution in [0.5, 0.6) is 0 Å². The maximum Gasteiger partial charge on any atom is 0.267 e. The van der Waals surface area contributed by atoms with Gasteiger partial charge in [0.1, 0.15) is 5.82 Å². The zero-order valence-electron chi connectivity index (χ0n) is 17.3. The molecule has 5 nitrogen and oxygen atoms in total. The number of aryl methyl sites for hydroxylation is 2. The summed E-state index contributed by atoms with van der Waals surface area (Å²) < 4.78 is 14.9. The number of hydrogen-bond acceptors (Lipinski definition) is 3. The van der Waals surface area contributed by atoms with E-state index in [1.165, 1.54) is 12.1 Å². The zero-order valence-corrected chi connectivity index (χ0v) is 17.3. The van der Waals surface area contributed by atoms with Crippen LogP contribution in [0.15, 0.2) is 35.1 Å². The van der Waals surface area contributed by atoms with Gasteiger partial charge in [0.15, 0.2) is 0 Å². The van der Waals surface area contributed by atoms with E-state index in [-0.39, 0.29) is 17.3 Å². The molecule has 1 aliphatic heterocycles. The van der Waals surface area contributed by atoms with Gasteiger partial charge >= 0.3 is 0 Å². The van der Waals surface area contributed by atoms with Gasteiger partial charge in [0.25, 0.3) is 5.56 Å². The van der Waals surface area contributed by atoms with Crippen molar-refractivity contribution in [1.29, 1.82) is 0 Å². The van der Waals surface area contributed by atoms with Crippen molar-refractivity contribution in [3.05, 3.63) is 63.3 Å². The average Bonchev–Trinajstić information content (AvgIpc) is 3.57. The second kappa shape index (κ2) is 7.64. The summed E-state index contributed by atoms with van der Waals surface area (Å²) in [5.74, 6) is 0.271. The number of hydrogen-bond donors (Lipinski definition) is 0. The van der Waals surface area contributed by atoms with Crippen LogP contribution >= 0.6 is 0 Å². The Labute approximate surface area is 175 Å². The largest absolute Gasteiger partial charge is 0.342 e. The Hall–Kier alpha value is -2.50. The van der Waals surface area contributed by atoms with Gasteiger partial charge < -0.3 is 4.90 Å². The number of rotatable bonds is 4. The first kappa shape index (κ1) is 19.5. The molecule has 3 aliphatic rings. The third-order valence-electron chi connectivity index (χ3n) is 7.16. The molecule has 5 rings (SSSR count). The highest BCUT2D eigenvalue weighted by Crippen LogP contribution is 2.50. The SMILES string of the molecule is O=C(N1CCC(Cn2nc3c(cc2=O)CCCC3)CC1)C1(c2ccc(F)cc2)CC1. The topological polar surface area (TPSA) is 55.2 Å². The number of benzene rings is 1. The number of fused-ring (bicyclic) bond motifs is 1. The quantitative estimate of drug-likeness (QED) is 0.779. The number of amides is 1. The normalized spacial score (nSPS) is 20.6. The van der Waals surface area contributed by atoms with Crippen molar-refractivity contribution in [3.63, 3.8) is 0 Å². The molecule has 0 unspecified atom stereocenters. The van der Waals surface area contributed by atoms with Gasteiger partial charge in [-0.05, 0) is 80.5 Å². The smallest absolute Gasteiger partial charge is 0.267 e. The van der Waals surface area contributed by atoms with Crippen molar-refractivity contribution in [2.75, 3.05) is 13.1 Å². The van der Waals surface area contributed by atoms with E-state index in [1.807, 2.05) is 4.90 Å². The van der Waals surface area contributed by atoms with Gasteiger partial charge in [-0.1, -0.05) is 12.1 Å². The second-order valence-corrected chi connectivity index (χ2v) is 9.17. The summed E-state index contributed by atoms with van der Waals surface area (Å²) in [6.07, 6.45) is 7.67. The van der Waals surface area contributed by atoms with E-state index < -0.39 is 5.41 Å². The maximum absolute atomic E-state index is 13.3. The van der Waals surface area contributed by atoms with Crippen LogP contribution in [0.3, 0.4) is 0 Å². The number of carbonyl (C=O) groups is 1. The van der Waals surface area contributed by atoms with Crippen LogP contribution in [0.1, 0.15) is 55.3 Å². The molecular weight excluding hydrogens is 381 g/mol. The highest BCUT2D eigenvalue weighted by Gasteiger charge is 2.53. The predicted octanol–water partition coefficient (Wildman–Crippen LogP) is 3.23. The van der Waals surface area contributed by atoms with Crippen molar-refractivity contribution >= 4 is 5.91 Å². The molecule has 30 heavy (non-hydrogen) atoms. The van der Waals surface area contributed by atoms with Crippen LogP contribution in [0.2, 0.25) is 0 Å². The number of carbonyl (C=O) groups excluding carboxylic acids is 1. The lowest BCUT2D eigenvalue weighted by atomic mass is 9.91. The van der Waals surface area contributed by atoms with Crippen molar-refractivity contribution < 1.29 is 9.18 Å². The second-order valence-electron chi connectivity index (χ2n) is 9.17. The third-order valence-corrected chi connectivity index (χ3v) is 7.16. The fraction of sp³-hybridized carbons (Fsp3) is 0.542. The molecule has 1 saturated carbocycles. The summed E-state index contributed by atoms with van der Waals surface area (Å²) in [5.41, 5.74) is 2.70. The van der Waals surface area contributed by atoms with E-state index in [0.29, 0.717) is 25.6 Å². The van der Waals surface area contributed by atoms with Gasteiger partial charge in [0.2, 0.25) is 5.91 Å². The van der Waals surface area contributed by atoms with Crippen LogP contribution < -0.4 is 5.56 Å². The lowest BCUT2D eigenvalue weighted by Gasteiger charge is -2.34. The van der Waals surface area contributed by atoms with E-state index in [2.05, 4.69) is 5.10 Å². The first-order valence-corrected chi connectivity index (χ1v) is 11.2. The highest BCUT2D eigenvalue weighted by molar-refractivity contribution is 5.91. The molecule has 2 aliphatic carbocycles. The summed E-state index contributed by atoms with van der Waals surface area (Å²) in [7, 11) is 0. The minimum atomic E-state index is -0.447. The number of halogens is 1. The van der Waals surface area contributed by atoms with Crippen LogP contribution in [-0.2, 0) is 29.6 Å². The number of likely N-dealkylation sites (tertiary alicyclic amines) is 1. The third kappa shape index (κ3) is 3.57. The summed E-state index contributed by atoms with van der Waals surface area (Å²) >= 11 is 0. The molecule has 0 spiro atoms. The fourth-order valence-electron chi connectivity index (χ4n) is 5.12. The van der Waals surface area contributed by atoms with E-state index in [9.17, 15) is 14.0 Å². The molecule has 0 bridgehead atoms. The number of nitrogens with zero attached hydrogens (tertiary/aromatic N) is 3. The molecule has 2 heterocycles. The van der Waals surface area contributed by atoms with Gasteiger partial charge in [-0.2, -0.15) is 5.10 Å². The standard InChI is InChI=1S/C24H28FN3O2/c25-20-7-5-19(6-8-20)24(11-12-24)23(30)27-13-9-17(10-14-27)16-28-22(29)15-18-3-1-2-4-21(18)26-28/h5-8,15,17H,1-4,9-14,16H2. The molecule has 1 aromatic heterocycles. The first-order chi connectivity index (χ1) is 14.5. The van der Waals surface area contributed by atoms with Gasteiger partial charge in [0.05, 0.1) is 11.1 Å². The Morgan fingerprint density at radius 2 is 1.80 bits per heavy atom. The molecule has 1 saturated heterocycles. The molecule has 1 aromatic carbocycles. The summed E-state index contributed by atoms with van der Waals surface area (Å²) in [4.78, 5) is 27.6. The van der Waals surface area contributed by atoms with Crippen LogP contribution in [0.4, 0.5) is 4.39 Å². The average molecular weight is 410 g/mol. The molecule has 0 N–H and O–H groups in total. The van der Waals surface area contributed by atoms with Gasteiger partial charge in [0, 0.05) is 25.7 Å². The minimum Gasteiger partial charge on any atom is -0.342 e. The van der Waals surface area contributed by atoms with Crippen molar-refractivity contribution in [3.8, 4) is 0 Å². The van der Waals surface area contributed by atoms with Gasteiger partial charge in [-0.25, -0.2) is 9.07 Å². The maximum atomic E-state index is 13.3. The van der Waals surface area contributed by atoms with E-state index >= 15 is 0 Å². The summed E-state index contributed by atoms with van der Waals surface area (Å²) in [5, 5.41) is 4.65. The zero-order chi connectivity index (χ0) is 20.7. The number of aromatic nitrogens is 2. The first-order valence-electron chi connectivity index (χ1n) is 11.2. The molecule has 1 amide bonds. The summed E-state index contributed by atoms with van der Waals surface area (Å²) in [6, 6.07) is 8.17. The molecule has 2 aromatic rings. The Morgan fingerprint density at radius 3 is 2.50 bits per heavy atom.